The Bertz CT molecular complexity index is 558. The SMILES string of the molecule is COc1ncccc1C(=O)Nc1ccc(I)cn1. The van der Waals surface area contributed by atoms with E-state index >= 15 is 0 Å². The quantitative estimate of drug-likeness (QED) is 0.859. The number of halogens is 1. The van der Waals surface area contributed by atoms with Crippen molar-refractivity contribution in [3.63, 3.8) is 0 Å². The Morgan fingerprint density at radius 2 is 2.17 bits per heavy atom. The number of anilines is 1. The van der Waals surface area contributed by atoms with Crippen molar-refractivity contribution < 1.29 is 9.53 Å². The van der Waals surface area contributed by atoms with Crippen LogP contribution in [-0.2, 0) is 0 Å². The molecule has 92 valence electrons. The second-order valence-corrected chi connectivity index (χ2v) is 4.62. The molecule has 18 heavy (non-hydrogen) atoms. The first-order valence-corrected chi connectivity index (χ1v) is 6.20. The van der Waals surface area contributed by atoms with Crippen molar-refractivity contribution in [3.8, 4) is 5.88 Å². The summed E-state index contributed by atoms with van der Waals surface area (Å²) < 4.78 is 6.03. The van der Waals surface area contributed by atoms with E-state index in [1.54, 1.807) is 30.6 Å². The van der Waals surface area contributed by atoms with Gasteiger partial charge in [-0.05, 0) is 46.9 Å². The maximum absolute atomic E-state index is 12.0. The van der Waals surface area contributed by atoms with Gasteiger partial charge in [-0.2, -0.15) is 0 Å². The molecule has 2 rings (SSSR count). The van der Waals surface area contributed by atoms with E-state index in [1.165, 1.54) is 7.11 Å². The maximum Gasteiger partial charge on any atom is 0.262 e. The van der Waals surface area contributed by atoms with Crippen LogP contribution in [-0.4, -0.2) is 23.0 Å². The van der Waals surface area contributed by atoms with Crippen LogP contribution in [0.25, 0.3) is 0 Å². The van der Waals surface area contributed by atoms with Crippen molar-refractivity contribution in [3.05, 3.63) is 45.8 Å². The molecule has 1 amide bonds. The lowest BCUT2D eigenvalue weighted by molar-refractivity contribution is 0.102. The first-order valence-electron chi connectivity index (χ1n) is 5.12. The summed E-state index contributed by atoms with van der Waals surface area (Å²) in [6.07, 6.45) is 3.25. The van der Waals surface area contributed by atoms with Gasteiger partial charge in [-0.1, -0.05) is 0 Å². The summed E-state index contributed by atoms with van der Waals surface area (Å²) >= 11 is 2.15. The molecular formula is C12H10IN3O2. The van der Waals surface area contributed by atoms with Crippen LogP contribution in [0.4, 0.5) is 5.82 Å². The summed E-state index contributed by atoms with van der Waals surface area (Å²) in [4.78, 5) is 20.1. The summed E-state index contributed by atoms with van der Waals surface area (Å²) in [6, 6.07) is 6.93. The minimum absolute atomic E-state index is 0.292. The fraction of sp³-hybridized carbons (Fsp3) is 0.0833. The molecule has 2 aromatic rings. The Morgan fingerprint density at radius 1 is 1.33 bits per heavy atom. The molecule has 0 aliphatic carbocycles. The Labute approximate surface area is 118 Å². The van der Waals surface area contributed by atoms with Gasteiger partial charge in [0.15, 0.2) is 0 Å². The van der Waals surface area contributed by atoms with Crippen LogP contribution in [0.15, 0.2) is 36.7 Å². The van der Waals surface area contributed by atoms with Gasteiger partial charge in [0.05, 0.1) is 7.11 Å². The van der Waals surface area contributed by atoms with E-state index in [0.29, 0.717) is 17.3 Å². The number of rotatable bonds is 3. The largest absolute Gasteiger partial charge is 0.480 e. The zero-order valence-corrected chi connectivity index (χ0v) is 11.7. The highest BCUT2D eigenvalue weighted by atomic mass is 127. The molecule has 0 aliphatic heterocycles. The fourth-order valence-corrected chi connectivity index (χ4v) is 1.68. The third-order valence-electron chi connectivity index (χ3n) is 2.18. The Balaban J connectivity index is 2.19. The van der Waals surface area contributed by atoms with Gasteiger partial charge in [0.1, 0.15) is 11.4 Å². The van der Waals surface area contributed by atoms with Crippen molar-refractivity contribution in [2.75, 3.05) is 12.4 Å². The van der Waals surface area contributed by atoms with Crippen LogP contribution in [0.5, 0.6) is 5.88 Å². The Kier molecular flexibility index (Phi) is 4.08. The van der Waals surface area contributed by atoms with E-state index < -0.39 is 0 Å². The van der Waals surface area contributed by atoms with Crippen molar-refractivity contribution >= 4 is 34.3 Å². The molecule has 0 radical (unpaired) electrons. The van der Waals surface area contributed by atoms with Crippen LogP contribution in [0.2, 0.25) is 0 Å². The normalized spacial score (nSPS) is 9.89. The first kappa shape index (κ1) is 12.7. The molecule has 0 aromatic carbocycles. The standard InChI is InChI=1S/C12H10IN3O2/c1-18-12-9(3-2-6-14-12)11(17)16-10-5-4-8(13)7-15-10/h2-7H,1H3,(H,15,16,17). The smallest absolute Gasteiger partial charge is 0.262 e. The van der Waals surface area contributed by atoms with Crippen molar-refractivity contribution in [1.29, 1.82) is 0 Å². The molecule has 0 spiro atoms. The lowest BCUT2D eigenvalue weighted by Gasteiger charge is -2.07. The minimum Gasteiger partial charge on any atom is -0.480 e. The molecule has 2 heterocycles. The van der Waals surface area contributed by atoms with Gasteiger partial charge in [0, 0.05) is 16.0 Å². The molecular weight excluding hydrogens is 345 g/mol. The highest BCUT2D eigenvalue weighted by Crippen LogP contribution is 2.15. The Hall–Kier alpha value is -1.70. The number of nitrogens with zero attached hydrogens (tertiary/aromatic N) is 2. The van der Waals surface area contributed by atoms with Crippen molar-refractivity contribution in [2.45, 2.75) is 0 Å². The number of aromatic nitrogens is 2. The lowest BCUT2D eigenvalue weighted by Crippen LogP contribution is -2.14. The van der Waals surface area contributed by atoms with Gasteiger partial charge >= 0.3 is 0 Å². The average Bonchev–Trinajstić information content (AvgIpc) is 2.41. The molecule has 0 saturated heterocycles. The van der Waals surface area contributed by atoms with E-state index in [4.69, 9.17) is 4.74 Å². The summed E-state index contributed by atoms with van der Waals surface area (Å²) in [6.45, 7) is 0. The van der Waals surface area contributed by atoms with Crippen LogP contribution < -0.4 is 10.1 Å². The van der Waals surface area contributed by atoms with E-state index in [0.717, 1.165) is 3.57 Å². The topological polar surface area (TPSA) is 64.1 Å². The molecule has 0 unspecified atom stereocenters. The van der Waals surface area contributed by atoms with Gasteiger partial charge in [-0.3, -0.25) is 4.79 Å². The minimum atomic E-state index is -0.298. The molecule has 0 fully saturated rings. The third kappa shape index (κ3) is 2.95. The number of carbonyl (C=O) groups excluding carboxylic acids is 1. The third-order valence-corrected chi connectivity index (χ3v) is 2.82. The highest BCUT2D eigenvalue weighted by Gasteiger charge is 2.13. The fourth-order valence-electron chi connectivity index (χ4n) is 1.36. The number of ether oxygens (including phenoxy) is 1. The highest BCUT2D eigenvalue weighted by molar-refractivity contribution is 14.1. The summed E-state index contributed by atoms with van der Waals surface area (Å²) in [5, 5.41) is 2.69. The molecule has 6 heteroatoms. The van der Waals surface area contributed by atoms with Crippen LogP contribution >= 0.6 is 22.6 Å². The van der Waals surface area contributed by atoms with Crippen LogP contribution in [0.1, 0.15) is 10.4 Å². The second-order valence-electron chi connectivity index (χ2n) is 3.38. The molecule has 1 N–H and O–H groups in total. The Morgan fingerprint density at radius 3 is 2.83 bits per heavy atom. The van der Waals surface area contributed by atoms with Gasteiger partial charge in [0.2, 0.25) is 5.88 Å². The number of amides is 1. The predicted octanol–water partition coefficient (Wildman–Crippen LogP) is 2.34. The molecule has 5 nitrogen and oxygen atoms in total. The first-order chi connectivity index (χ1) is 8.70. The van der Waals surface area contributed by atoms with E-state index in [1.807, 2.05) is 6.07 Å². The number of hydrogen-bond donors (Lipinski definition) is 1. The monoisotopic (exact) mass is 355 g/mol. The van der Waals surface area contributed by atoms with E-state index in [-0.39, 0.29) is 5.91 Å². The molecule has 0 atom stereocenters. The van der Waals surface area contributed by atoms with Gasteiger partial charge in [0.25, 0.3) is 5.91 Å². The van der Waals surface area contributed by atoms with Crippen LogP contribution in [0.3, 0.4) is 0 Å². The second kappa shape index (κ2) is 5.76. The van der Waals surface area contributed by atoms with Gasteiger partial charge in [-0.15, -0.1) is 0 Å². The number of nitrogens with one attached hydrogen (secondary N) is 1. The number of pyridine rings is 2. The molecule has 2 aromatic heterocycles. The van der Waals surface area contributed by atoms with Crippen LogP contribution in [0, 0.1) is 3.57 Å². The van der Waals surface area contributed by atoms with E-state index in [2.05, 4.69) is 37.9 Å². The zero-order chi connectivity index (χ0) is 13.0. The molecule has 0 aliphatic rings. The number of carbonyl (C=O) groups is 1. The maximum atomic E-state index is 12.0. The van der Waals surface area contributed by atoms with Gasteiger partial charge in [-0.25, -0.2) is 9.97 Å². The van der Waals surface area contributed by atoms with E-state index in [9.17, 15) is 4.79 Å². The lowest BCUT2D eigenvalue weighted by atomic mass is 10.2. The summed E-state index contributed by atoms with van der Waals surface area (Å²) in [7, 11) is 1.47. The molecule has 0 bridgehead atoms. The predicted molar refractivity (Wildman–Crippen MR) is 75.7 cm³/mol. The number of methoxy groups -OCH3 is 1. The van der Waals surface area contributed by atoms with Gasteiger partial charge < -0.3 is 10.1 Å². The zero-order valence-electron chi connectivity index (χ0n) is 9.55. The average molecular weight is 355 g/mol. The summed E-state index contributed by atoms with van der Waals surface area (Å²) in [5.74, 6) is 0.487. The molecule has 0 saturated carbocycles. The van der Waals surface area contributed by atoms with Crippen molar-refractivity contribution in [2.24, 2.45) is 0 Å². The van der Waals surface area contributed by atoms with Crippen molar-refractivity contribution in [1.82, 2.24) is 9.97 Å². The number of hydrogen-bond acceptors (Lipinski definition) is 4. The summed E-state index contributed by atoms with van der Waals surface area (Å²) in [5.41, 5.74) is 0.375.